The van der Waals surface area contributed by atoms with Gasteiger partial charge in [-0.15, -0.1) is 0 Å². The molecule has 1 aromatic carbocycles. The van der Waals surface area contributed by atoms with Gasteiger partial charge in [-0.05, 0) is 62.5 Å². The number of carbonyl (C=O) groups excluding carboxylic acids is 1. The van der Waals surface area contributed by atoms with Gasteiger partial charge in [0.1, 0.15) is 5.58 Å². The SMILES string of the molecule is Cc1coc2ccc(C(=O)N[C@H]3CN4CCC3CC4)cc12. The molecule has 4 heterocycles. The molecule has 0 spiro atoms. The number of aryl methyl sites for hydroxylation is 1. The van der Waals surface area contributed by atoms with Crippen LogP contribution in [0.4, 0.5) is 0 Å². The molecule has 110 valence electrons. The molecule has 0 unspecified atom stereocenters. The molecule has 3 saturated heterocycles. The minimum Gasteiger partial charge on any atom is -0.464 e. The normalized spacial score (nSPS) is 28.0. The van der Waals surface area contributed by atoms with E-state index in [1.165, 1.54) is 25.9 Å². The van der Waals surface area contributed by atoms with Gasteiger partial charge in [-0.3, -0.25) is 4.79 Å². The number of hydrogen-bond donors (Lipinski definition) is 1. The summed E-state index contributed by atoms with van der Waals surface area (Å²) in [7, 11) is 0. The fourth-order valence-corrected chi connectivity index (χ4v) is 3.68. The van der Waals surface area contributed by atoms with E-state index in [0.29, 0.717) is 12.0 Å². The second-order valence-corrected chi connectivity index (χ2v) is 6.35. The summed E-state index contributed by atoms with van der Waals surface area (Å²) in [5.41, 5.74) is 2.64. The number of nitrogens with zero attached hydrogens (tertiary/aromatic N) is 1. The van der Waals surface area contributed by atoms with Gasteiger partial charge in [0.25, 0.3) is 5.91 Å². The summed E-state index contributed by atoms with van der Waals surface area (Å²) >= 11 is 0. The van der Waals surface area contributed by atoms with Gasteiger partial charge in [-0.1, -0.05) is 0 Å². The lowest BCUT2D eigenvalue weighted by Gasteiger charge is -2.44. The van der Waals surface area contributed by atoms with E-state index < -0.39 is 0 Å². The molecule has 0 aliphatic carbocycles. The summed E-state index contributed by atoms with van der Waals surface area (Å²) in [5.74, 6) is 0.689. The van der Waals surface area contributed by atoms with Crippen LogP contribution in [0.3, 0.4) is 0 Å². The number of nitrogens with one attached hydrogen (secondary N) is 1. The molecule has 1 N–H and O–H groups in total. The van der Waals surface area contributed by atoms with Crippen molar-refractivity contribution in [3.05, 3.63) is 35.6 Å². The smallest absolute Gasteiger partial charge is 0.251 e. The van der Waals surface area contributed by atoms with Crippen molar-refractivity contribution >= 4 is 16.9 Å². The monoisotopic (exact) mass is 284 g/mol. The largest absolute Gasteiger partial charge is 0.464 e. The van der Waals surface area contributed by atoms with Crippen LogP contribution in [0.1, 0.15) is 28.8 Å². The number of carbonyl (C=O) groups is 1. The lowest BCUT2D eigenvalue weighted by molar-refractivity contribution is 0.0620. The highest BCUT2D eigenvalue weighted by molar-refractivity contribution is 5.98. The van der Waals surface area contributed by atoms with Crippen LogP contribution in [0.15, 0.2) is 28.9 Å². The standard InChI is InChI=1S/C17H20N2O2/c1-11-10-21-16-3-2-13(8-14(11)16)17(20)18-15-9-19-6-4-12(15)5-7-19/h2-3,8,10,12,15H,4-7,9H2,1H3,(H,18,20)/t15-/m0/s1. The first-order valence-electron chi connectivity index (χ1n) is 7.72. The number of rotatable bonds is 2. The minimum absolute atomic E-state index is 0.0382. The third-order valence-corrected chi connectivity index (χ3v) is 5.00. The van der Waals surface area contributed by atoms with Gasteiger partial charge in [-0.25, -0.2) is 0 Å². The van der Waals surface area contributed by atoms with Crippen molar-refractivity contribution in [2.45, 2.75) is 25.8 Å². The predicted molar refractivity (Wildman–Crippen MR) is 81.4 cm³/mol. The summed E-state index contributed by atoms with van der Waals surface area (Å²) < 4.78 is 5.44. The number of furan rings is 1. The number of hydrogen-bond acceptors (Lipinski definition) is 3. The van der Waals surface area contributed by atoms with Crippen LogP contribution in [-0.4, -0.2) is 36.5 Å². The fourth-order valence-electron chi connectivity index (χ4n) is 3.68. The Bertz CT molecular complexity index is 683. The Labute approximate surface area is 124 Å². The fraction of sp³-hybridized carbons (Fsp3) is 0.471. The van der Waals surface area contributed by atoms with Crippen molar-refractivity contribution in [3.8, 4) is 0 Å². The van der Waals surface area contributed by atoms with E-state index in [9.17, 15) is 4.79 Å². The molecule has 3 aliphatic heterocycles. The summed E-state index contributed by atoms with van der Waals surface area (Å²) in [6.45, 7) is 5.39. The zero-order valence-corrected chi connectivity index (χ0v) is 12.3. The molecular weight excluding hydrogens is 264 g/mol. The quantitative estimate of drug-likeness (QED) is 0.922. The van der Waals surface area contributed by atoms with Crippen molar-refractivity contribution in [1.29, 1.82) is 0 Å². The Morgan fingerprint density at radius 1 is 1.33 bits per heavy atom. The van der Waals surface area contributed by atoms with E-state index in [-0.39, 0.29) is 5.91 Å². The molecule has 0 saturated carbocycles. The molecule has 4 heteroatoms. The first-order valence-corrected chi connectivity index (χ1v) is 7.72. The molecule has 2 bridgehead atoms. The van der Waals surface area contributed by atoms with Gasteiger partial charge in [-0.2, -0.15) is 0 Å². The molecule has 5 rings (SSSR count). The molecule has 0 radical (unpaired) electrons. The Morgan fingerprint density at radius 3 is 2.86 bits per heavy atom. The topological polar surface area (TPSA) is 45.5 Å². The van der Waals surface area contributed by atoms with Gasteiger partial charge in [0.2, 0.25) is 0 Å². The highest BCUT2D eigenvalue weighted by atomic mass is 16.3. The average Bonchev–Trinajstić information content (AvgIpc) is 2.89. The number of fused-ring (bicyclic) bond motifs is 4. The van der Waals surface area contributed by atoms with Gasteiger partial charge >= 0.3 is 0 Å². The average molecular weight is 284 g/mol. The van der Waals surface area contributed by atoms with E-state index in [1.54, 1.807) is 6.26 Å². The molecule has 3 fully saturated rings. The first-order chi connectivity index (χ1) is 10.2. The Hall–Kier alpha value is -1.81. The van der Waals surface area contributed by atoms with E-state index >= 15 is 0 Å². The van der Waals surface area contributed by atoms with Crippen molar-refractivity contribution in [2.24, 2.45) is 5.92 Å². The summed E-state index contributed by atoms with van der Waals surface area (Å²) in [6, 6.07) is 5.97. The van der Waals surface area contributed by atoms with Crippen LogP contribution in [0.5, 0.6) is 0 Å². The summed E-state index contributed by atoms with van der Waals surface area (Å²) in [5, 5.41) is 4.26. The van der Waals surface area contributed by atoms with E-state index in [0.717, 1.165) is 28.6 Å². The molecule has 21 heavy (non-hydrogen) atoms. The van der Waals surface area contributed by atoms with Crippen molar-refractivity contribution in [2.75, 3.05) is 19.6 Å². The van der Waals surface area contributed by atoms with Gasteiger partial charge in [0, 0.05) is 23.5 Å². The van der Waals surface area contributed by atoms with Crippen LogP contribution in [0.2, 0.25) is 0 Å². The maximum atomic E-state index is 12.5. The van der Waals surface area contributed by atoms with Crippen LogP contribution in [-0.2, 0) is 0 Å². The minimum atomic E-state index is 0.0382. The lowest BCUT2D eigenvalue weighted by Crippen LogP contribution is -2.57. The van der Waals surface area contributed by atoms with Gasteiger partial charge < -0.3 is 14.6 Å². The number of piperidine rings is 3. The van der Waals surface area contributed by atoms with Gasteiger partial charge in [0.15, 0.2) is 0 Å². The van der Waals surface area contributed by atoms with Gasteiger partial charge in [0.05, 0.1) is 6.26 Å². The first kappa shape index (κ1) is 12.9. The number of amides is 1. The third-order valence-electron chi connectivity index (χ3n) is 5.00. The highest BCUT2D eigenvalue weighted by Gasteiger charge is 2.34. The lowest BCUT2D eigenvalue weighted by atomic mass is 9.84. The van der Waals surface area contributed by atoms with E-state index in [2.05, 4.69) is 10.2 Å². The molecule has 4 nitrogen and oxygen atoms in total. The maximum absolute atomic E-state index is 12.5. The molecule has 1 atom stereocenters. The predicted octanol–water partition coefficient (Wildman–Crippen LogP) is 2.57. The van der Waals surface area contributed by atoms with E-state index in [4.69, 9.17) is 4.42 Å². The molecule has 1 amide bonds. The van der Waals surface area contributed by atoms with Crippen molar-refractivity contribution in [3.63, 3.8) is 0 Å². The van der Waals surface area contributed by atoms with Crippen LogP contribution in [0.25, 0.3) is 11.0 Å². The Morgan fingerprint density at radius 2 is 2.14 bits per heavy atom. The van der Waals surface area contributed by atoms with Crippen LogP contribution < -0.4 is 5.32 Å². The molecular formula is C17H20N2O2. The van der Waals surface area contributed by atoms with E-state index in [1.807, 2.05) is 25.1 Å². The Kier molecular flexibility index (Phi) is 3.00. The zero-order valence-electron chi connectivity index (χ0n) is 12.3. The second kappa shape index (κ2) is 4.88. The highest BCUT2D eigenvalue weighted by Crippen LogP contribution is 2.28. The molecule has 1 aromatic heterocycles. The Balaban J connectivity index is 1.54. The van der Waals surface area contributed by atoms with Crippen LogP contribution >= 0.6 is 0 Å². The zero-order chi connectivity index (χ0) is 14.4. The summed E-state index contributed by atoms with van der Waals surface area (Å²) in [4.78, 5) is 15.0. The van der Waals surface area contributed by atoms with Crippen LogP contribution in [0, 0.1) is 12.8 Å². The van der Waals surface area contributed by atoms with Crippen molar-refractivity contribution < 1.29 is 9.21 Å². The maximum Gasteiger partial charge on any atom is 0.251 e. The molecule has 3 aliphatic rings. The van der Waals surface area contributed by atoms with Crippen molar-refractivity contribution in [1.82, 2.24) is 10.2 Å². The third kappa shape index (κ3) is 2.23. The number of benzene rings is 1. The second-order valence-electron chi connectivity index (χ2n) is 6.35. The molecule has 2 aromatic rings. The summed E-state index contributed by atoms with van der Waals surface area (Å²) in [6.07, 6.45) is 4.16.